The maximum atomic E-state index is 12.5. The molecular weight excluding hydrogens is 281 g/mol. The Labute approximate surface area is 117 Å². The van der Waals surface area contributed by atoms with Gasteiger partial charge >= 0.3 is 6.18 Å². The minimum Gasteiger partial charge on any atom is -0.437 e. The summed E-state index contributed by atoms with van der Waals surface area (Å²) in [6, 6.07) is 9.37. The fourth-order valence-corrected chi connectivity index (χ4v) is 1.91. The fourth-order valence-electron chi connectivity index (χ4n) is 1.91. The normalized spacial score (nSPS) is 11.5. The van der Waals surface area contributed by atoms with Crippen LogP contribution in [0.4, 0.5) is 18.9 Å². The van der Waals surface area contributed by atoms with Crippen LogP contribution in [0.15, 0.2) is 46.9 Å². The van der Waals surface area contributed by atoms with Crippen LogP contribution in [0.1, 0.15) is 5.56 Å². The summed E-state index contributed by atoms with van der Waals surface area (Å²) in [5, 5.41) is 0. The molecule has 0 aliphatic heterocycles. The zero-order chi connectivity index (χ0) is 15.0. The molecular formula is C15H7F3N2O. The number of halogens is 3. The molecule has 0 atom stereocenters. The van der Waals surface area contributed by atoms with Gasteiger partial charge in [-0.3, -0.25) is 0 Å². The highest BCUT2D eigenvalue weighted by Gasteiger charge is 2.30. The minimum atomic E-state index is -4.37. The Balaban J connectivity index is 2.02. The van der Waals surface area contributed by atoms with Crippen molar-refractivity contribution in [1.29, 1.82) is 0 Å². The molecule has 0 bridgehead atoms. The van der Waals surface area contributed by atoms with Gasteiger partial charge in [0.05, 0.1) is 12.1 Å². The molecule has 1 aromatic heterocycles. The van der Waals surface area contributed by atoms with E-state index in [1.54, 1.807) is 18.2 Å². The smallest absolute Gasteiger partial charge is 0.416 e. The Morgan fingerprint density at radius 2 is 1.76 bits per heavy atom. The minimum absolute atomic E-state index is 0.223. The van der Waals surface area contributed by atoms with Gasteiger partial charge in [-0.2, -0.15) is 13.2 Å². The average Bonchev–Trinajstić information content (AvgIpc) is 2.89. The first-order valence-electron chi connectivity index (χ1n) is 5.93. The van der Waals surface area contributed by atoms with Gasteiger partial charge in [0.15, 0.2) is 5.69 Å². The Morgan fingerprint density at radius 1 is 1.05 bits per heavy atom. The first-order chi connectivity index (χ1) is 9.97. The van der Waals surface area contributed by atoms with Crippen LogP contribution >= 0.6 is 0 Å². The summed E-state index contributed by atoms with van der Waals surface area (Å²) in [6.07, 6.45) is -4.37. The van der Waals surface area contributed by atoms with E-state index >= 15 is 0 Å². The molecule has 0 amide bonds. The molecule has 0 radical (unpaired) electrons. The van der Waals surface area contributed by atoms with Crippen LogP contribution in [0, 0.1) is 6.57 Å². The molecule has 3 rings (SSSR count). The van der Waals surface area contributed by atoms with Crippen molar-refractivity contribution in [2.24, 2.45) is 0 Å². The van der Waals surface area contributed by atoms with E-state index in [4.69, 9.17) is 11.0 Å². The van der Waals surface area contributed by atoms with Crippen molar-refractivity contribution >= 4 is 16.8 Å². The summed E-state index contributed by atoms with van der Waals surface area (Å²) in [5.74, 6) is 0.223. The van der Waals surface area contributed by atoms with E-state index in [0.717, 1.165) is 12.1 Å². The lowest BCUT2D eigenvalue weighted by Crippen LogP contribution is -2.03. The molecule has 0 fully saturated rings. The van der Waals surface area contributed by atoms with Gasteiger partial charge in [0.1, 0.15) is 11.1 Å². The van der Waals surface area contributed by atoms with E-state index in [0.29, 0.717) is 22.4 Å². The van der Waals surface area contributed by atoms with Crippen molar-refractivity contribution in [3.05, 3.63) is 59.4 Å². The van der Waals surface area contributed by atoms with E-state index in [1.165, 1.54) is 12.1 Å². The highest BCUT2D eigenvalue weighted by atomic mass is 19.4. The Morgan fingerprint density at radius 3 is 2.38 bits per heavy atom. The topological polar surface area (TPSA) is 30.4 Å². The van der Waals surface area contributed by atoms with E-state index in [1.807, 2.05) is 0 Å². The number of alkyl halides is 3. The molecule has 21 heavy (non-hydrogen) atoms. The van der Waals surface area contributed by atoms with Crippen LogP contribution in [-0.2, 0) is 6.18 Å². The largest absolute Gasteiger partial charge is 0.437 e. The van der Waals surface area contributed by atoms with E-state index in [-0.39, 0.29) is 5.89 Å². The Bertz CT molecular complexity index is 842. The molecule has 0 aliphatic carbocycles. The lowest BCUT2D eigenvalue weighted by molar-refractivity contribution is -0.137. The number of aromatic nitrogens is 1. The molecule has 0 aliphatic rings. The first kappa shape index (κ1) is 13.2. The molecule has 0 saturated carbocycles. The number of nitrogens with zero attached hydrogens (tertiary/aromatic N) is 2. The van der Waals surface area contributed by atoms with Gasteiger partial charge in [0.25, 0.3) is 0 Å². The number of rotatable bonds is 1. The summed E-state index contributed by atoms with van der Waals surface area (Å²) in [7, 11) is 0. The number of benzene rings is 2. The van der Waals surface area contributed by atoms with Crippen LogP contribution in [-0.4, -0.2) is 4.98 Å². The SMILES string of the molecule is [C-]#[N+]c1ccc2nc(-c3ccc(C(F)(F)F)cc3)oc2c1. The van der Waals surface area contributed by atoms with Crippen LogP contribution in [0.25, 0.3) is 27.4 Å². The molecule has 6 heteroatoms. The van der Waals surface area contributed by atoms with Gasteiger partial charge in [-0.15, -0.1) is 0 Å². The summed E-state index contributed by atoms with van der Waals surface area (Å²) in [6.45, 7) is 6.93. The van der Waals surface area contributed by atoms with Gasteiger partial charge in [0, 0.05) is 5.56 Å². The molecule has 3 nitrogen and oxygen atoms in total. The quantitative estimate of drug-likeness (QED) is 0.585. The second-order valence-corrected chi connectivity index (χ2v) is 4.36. The van der Waals surface area contributed by atoms with Crippen molar-refractivity contribution in [3.63, 3.8) is 0 Å². The highest BCUT2D eigenvalue weighted by Crippen LogP contribution is 2.32. The molecule has 1 heterocycles. The van der Waals surface area contributed by atoms with E-state index < -0.39 is 11.7 Å². The fraction of sp³-hybridized carbons (Fsp3) is 0.0667. The number of hydrogen-bond donors (Lipinski definition) is 0. The third-order valence-electron chi connectivity index (χ3n) is 2.96. The molecule has 0 unspecified atom stereocenters. The predicted molar refractivity (Wildman–Crippen MR) is 70.7 cm³/mol. The molecule has 3 aromatic rings. The van der Waals surface area contributed by atoms with E-state index in [2.05, 4.69) is 9.83 Å². The summed E-state index contributed by atoms with van der Waals surface area (Å²) in [5.41, 5.74) is 1.12. The Kier molecular flexibility index (Phi) is 2.91. The van der Waals surface area contributed by atoms with Crippen LogP contribution in [0.3, 0.4) is 0 Å². The molecule has 0 N–H and O–H groups in total. The predicted octanol–water partition coefficient (Wildman–Crippen LogP) is 5.06. The van der Waals surface area contributed by atoms with Crippen molar-refractivity contribution in [1.82, 2.24) is 4.98 Å². The average molecular weight is 288 g/mol. The molecule has 0 spiro atoms. The van der Waals surface area contributed by atoms with Gasteiger partial charge < -0.3 is 4.42 Å². The van der Waals surface area contributed by atoms with Crippen LogP contribution in [0.2, 0.25) is 0 Å². The van der Waals surface area contributed by atoms with Crippen LogP contribution in [0.5, 0.6) is 0 Å². The van der Waals surface area contributed by atoms with Gasteiger partial charge in [-0.1, -0.05) is 6.07 Å². The summed E-state index contributed by atoms with van der Waals surface area (Å²) in [4.78, 5) is 7.48. The second-order valence-electron chi connectivity index (χ2n) is 4.36. The molecule has 2 aromatic carbocycles. The van der Waals surface area contributed by atoms with Crippen molar-refractivity contribution < 1.29 is 17.6 Å². The maximum absolute atomic E-state index is 12.5. The second kappa shape index (κ2) is 4.63. The maximum Gasteiger partial charge on any atom is 0.416 e. The zero-order valence-corrected chi connectivity index (χ0v) is 10.5. The highest BCUT2D eigenvalue weighted by molar-refractivity contribution is 5.80. The van der Waals surface area contributed by atoms with Crippen molar-refractivity contribution in [2.75, 3.05) is 0 Å². The van der Waals surface area contributed by atoms with Gasteiger partial charge in [0.2, 0.25) is 5.89 Å². The first-order valence-corrected chi connectivity index (χ1v) is 5.93. The lowest BCUT2D eigenvalue weighted by atomic mass is 10.1. The van der Waals surface area contributed by atoms with Gasteiger partial charge in [-0.25, -0.2) is 9.83 Å². The zero-order valence-electron chi connectivity index (χ0n) is 10.5. The van der Waals surface area contributed by atoms with Crippen molar-refractivity contribution in [3.8, 4) is 11.5 Å². The Hall–Kier alpha value is -2.81. The monoisotopic (exact) mass is 288 g/mol. The van der Waals surface area contributed by atoms with E-state index in [9.17, 15) is 13.2 Å². The van der Waals surface area contributed by atoms with Gasteiger partial charge in [-0.05, 0) is 36.4 Å². The summed E-state index contributed by atoms with van der Waals surface area (Å²) >= 11 is 0. The number of fused-ring (bicyclic) bond motifs is 1. The standard InChI is InChI=1S/C15H7F3N2O/c1-19-11-6-7-12-13(8-11)21-14(20-12)9-2-4-10(5-3-9)15(16,17)18/h2-8H. The third kappa shape index (κ3) is 2.46. The van der Waals surface area contributed by atoms with Crippen LogP contribution < -0.4 is 0 Å². The lowest BCUT2D eigenvalue weighted by Gasteiger charge is -2.05. The summed E-state index contributed by atoms with van der Waals surface area (Å²) < 4.78 is 43.0. The van der Waals surface area contributed by atoms with Crippen molar-refractivity contribution in [2.45, 2.75) is 6.18 Å². The molecule has 0 saturated heterocycles. The number of oxazole rings is 1. The molecule has 104 valence electrons. The third-order valence-corrected chi connectivity index (χ3v) is 2.96. The number of hydrogen-bond acceptors (Lipinski definition) is 2.